The summed E-state index contributed by atoms with van der Waals surface area (Å²) in [6.45, 7) is 1.74. The van der Waals surface area contributed by atoms with Gasteiger partial charge >= 0.3 is 5.97 Å². The van der Waals surface area contributed by atoms with E-state index >= 15 is 0 Å². The molecule has 2 rings (SSSR count). The van der Waals surface area contributed by atoms with E-state index in [4.69, 9.17) is 20.8 Å². The Hall–Kier alpha value is -1.95. The number of benzene rings is 1. The van der Waals surface area contributed by atoms with E-state index < -0.39 is 17.6 Å². The molecule has 0 atom stereocenters. The van der Waals surface area contributed by atoms with Crippen molar-refractivity contribution >= 4 is 17.6 Å². The maximum atomic E-state index is 13.7. The first-order valence-electron chi connectivity index (χ1n) is 5.30. The van der Waals surface area contributed by atoms with Crippen molar-refractivity contribution in [2.45, 2.75) is 6.92 Å². The minimum Gasteiger partial charge on any atom is -0.461 e. The number of hydrogen-bond donors (Lipinski definition) is 0. The van der Waals surface area contributed by atoms with Gasteiger partial charge in [0.2, 0.25) is 0 Å². The highest BCUT2D eigenvalue weighted by Crippen LogP contribution is 2.30. The standard InChI is InChI=1S/C12H8ClF2NO3/c1-2-18-12(17)10-11(19-5-16-10)6-3-9(15)7(13)4-8(6)14/h3-5H,2H2,1H3. The van der Waals surface area contributed by atoms with Crippen LogP contribution in [0.5, 0.6) is 0 Å². The van der Waals surface area contributed by atoms with Crippen LogP contribution in [0.3, 0.4) is 0 Å². The molecule has 0 saturated heterocycles. The summed E-state index contributed by atoms with van der Waals surface area (Å²) in [5.74, 6) is -2.63. The van der Waals surface area contributed by atoms with E-state index in [0.29, 0.717) is 0 Å². The third kappa shape index (κ3) is 2.58. The van der Waals surface area contributed by atoms with E-state index in [-0.39, 0.29) is 28.6 Å². The number of ether oxygens (including phenoxy) is 1. The fraction of sp³-hybridized carbons (Fsp3) is 0.167. The van der Waals surface area contributed by atoms with Gasteiger partial charge in [-0.05, 0) is 19.1 Å². The van der Waals surface area contributed by atoms with Crippen molar-refractivity contribution in [3.63, 3.8) is 0 Å². The topological polar surface area (TPSA) is 52.3 Å². The van der Waals surface area contributed by atoms with E-state index in [0.717, 1.165) is 18.5 Å². The third-order valence-electron chi connectivity index (χ3n) is 2.29. The minimum atomic E-state index is -0.829. The van der Waals surface area contributed by atoms with Gasteiger partial charge in [0, 0.05) is 0 Å². The summed E-state index contributed by atoms with van der Waals surface area (Å²) in [6.07, 6.45) is 0.952. The second kappa shape index (κ2) is 5.36. The van der Waals surface area contributed by atoms with Gasteiger partial charge in [-0.25, -0.2) is 18.6 Å². The first-order valence-corrected chi connectivity index (χ1v) is 5.68. The number of hydrogen-bond acceptors (Lipinski definition) is 4. The Bertz CT molecular complexity index is 627. The number of carbonyl (C=O) groups is 1. The molecule has 0 aliphatic rings. The molecule has 0 spiro atoms. The summed E-state index contributed by atoms with van der Waals surface area (Å²) in [4.78, 5) is 15.2. The van der Waals surface area contributed by atoms with Gasteiger partial charge in [-0.1, -0.05) is 11.6 Å². The predicted octanol–water partition coefficient (Wildman–Crippen LogP) is 3.45. The Balaban J connectivity index is 2.51. The Morgan fingerprint density at radius 3 is 2.84 bits per heavy atom. The molecule has 1 heterocycles. The lowest BCUT2D eigenvalue weighted by atomic mass is 10.1. The second-order valence-electron chi connectivity index (χ2n) is 3.50. The highest BCUT2D eigenvalue weighted by Gasteiger charge is 2.23. The summed E-state index contributed by atoms with van der Waals surface area (Å²) < 4.78 is 36.8. The SMILES string of the molecule is CCOC(=O)c1ncoc1-c1cc(F)c(Cl)cc1F. The minimum absolute atomic E-state index is 0.128. The number of carbonyl (C=O) groups excluding carboxylic acids is 1. The largest absolute Gasteiger partial charge is 0.461 e. The van der Waals surface area contributed by atoms with E-state index in [1.54, 1.807) is 6.92 Å². The molecule has 0 N–H and O–H groups in total. The molecule has 0 amide bonds. The normalized spacial score (nSPS) is 10.5. The number of nitrogens with zero attached hydrogens (tertiary/aromatic N) is 1. The molecule has 0 radical (unpaired) electrons. The van der Waals surface area contributed by atoms with Crippen molar-refractivity contribution in [2.75, 3.05) is 6.61 Å². The lowest BCUT2D eigenvalue weighted by Gasteiger charge is -2.04. The van der Waals surface area contributed by atoms with E-state index in [2.05, 4.69) is 4.98 Å². The highest BCUT2D eigenvalue weighted by molar-refractivity contribution is 6.30. The van der Waals surface area contributed by atoms with E-state index in [1.807, 2.05) is 0 Å². The molecule has 19 heavy (non-hydrogen) atoms. The molecule has 100 valence electrons. The van der Waals surface area contributed by atoms with Crippen LogP contribution in [0.25, 0.3) is 11.3 Å². The molecule has 0 fully saturated rings. The third-order valence-corrected chi connectivity index (χ3v) is 2.58. The van der Waals surface area contributed by atoms with Crippen LogP contribution in [0.2, 0.25) is 5.02 Å². The number of rotatable bonds is 3. The van der Waals surface area contributed by atoms with Crippen molar-refractivity contribution in [3.8, 4) is 11.3 Å². The van der Waals surface area contributed by atoms with Crippen LogP contribution in [0.15, 0.2) is 22.9 Å². The number of esters is 1. The zero-order chi connectivity index (χ0) is 14.0. The average Bonchev–Trinajstić information content (AvgIpc) is 2.83. The Morgan fingerprint density at radius 2 is 2.16 bits per heavy atom. The second-order valence-corrected chi connectivity index (χ2v) is 3.90. The predicted molar refractivity (Wildman–Crippen MR) is 62.8 cm³/mol. The summed E-state index contributed by atoms with van der Waals surface area (Å²) in [6, 6.07) is 1.63. The zero-order valence-electron chi connectivity index (χ0n) is 9.75. The van der Waals surface area contributed by atoms with Gasteiger partial charge in [-0.3, -0.25) is 0 Å². The molecule has 0 bridgehead atoms. The van der Waals surface area contributed by atoms with Gasteiger partial charge in [0.05, 0.1) is 17.2 Å². The monoisotopic (exact) mass is 287 g/mol. The summed E-state index contributed by atoms with van der Waals surface area (Å²) in [5, 5.41) is -0.363. The van der Waals surface area contributed by atoms with Crippen LogP contribution >= 0.6 is 11.6 Å². The molecule has 0 unspecified atom stereocenters. The van der Waals surface area contributed by atoms with Crippen LogP contribution < -0.4 is 0 Å². The maximum absolute atomic E-state index is 13.7. The first kappa shape index (κ1) is 13.5. The molecule has 1 aromatic carbocycles. The van der Waals surface area contributed by atoms with Crippen LogP contribution in [-0.2, 0) is 4.74 Å². The van der Waals surface area contributed by atoms with Crippen LogP contribution in [0, 0.1) is 11.6 Å². The molecule has 0 saturated carbocycles. The Morgan fingerprint density at radius 1 is 1.42 bits per heavy atom. The fourth-order valence-electron chi connectivity index (χ4n) is 1.48. The average molecular weight is 288 g/mol. The van der Waals surface area contributed by atoms with E-state index in [9.17, 15) is 13.6 Å². The molecular weight excluding hydrogens is 280 g/mol. The van der Waals surface area contributed by atoms with Gasteiger partial charge in [0.25, 0.3) is 0 Å². The molecule has 0 aliphatic heterocycles. The van der Waals surface area contributed by atoms with Gasteiger partial charge < -0.3 is 9.15 Å². The van der Waals surface area contributed by atoms with E-state index in [1.165, 1.54) is 0 Å². The van der Waals surface area contributed by atoms with Gasteiger partial charge in [-0.15, -0.1) is 0 Å². The van der Waals surface area contributed by atoms with Crippen molar-refractivity contribution in [3.05, 3.63) is 40.9 Å². The summed E-state index contributed by atoms with van der Waals surface area (Å²) >= 11 is 5.45. The first-order chi connectivity index (χ1) is 9.04. The molecule has 1 aromatic heterocycles. The number of halogens is 3. The zero-order valence-corrected chi connectivity index (χ0v) is 10.5. The smallest absolute Gasteiger partial charge is 0.360 e. The van der Waals surface area contributed by atoms with Gasteiger partial charge in [0.15, 0.2) is 17.8 Å². The van der Waals surface area contributed by atoms with Gasteiger partial charge in [-0.2, -0.15) is 0 Å². The van der Waals surface area contributed by atoms with Crippen molar-refractivity contribution in [2.24, 2.45) is 0 Å². The molecule has 4 nitrogen and oxygen atoms in total. The molecule has 0 aliphatic carbocycles. The molecular formula is C12H8ClF2NO3. The Labute approximate surface area is 112 Å². The number of aromatic nitrogens is 1. The molecule has 2 aromatic rings. The van der Waals surface area contributed by atoms with Crippen molar-refractivity contribution in [1.29, 1.82) is 0 Å². The lowest BCUT2D eigenvalue weighted by molar-refractivity contribution is 0.0520. The fourth-order valence-corrected chi connectivity index (χ4v) is 1.63. The van der Waals surface area contributed by atoms with Crippen LogP contribution in [-0.4, -0.2) is 17.6 Å². The number of oxazole rings is 1. The summed E-state index contributed by atoms with van der Waals surface area (Å²) in [7, 11) is 0. The van der Waals surface area contributed by atoms with Crippen molar-refractivity contribution in [1.82, 2.24) is 4.98 Å². The van der Waals surface area contributed by atoms with Crippen molar-refractivity contribution < 1.29 is 22.7 Å². The highest BCUT2D eigenvalue weighted by atomic mass is 35.5. The van der Waals surface area contributed by atoms with Crippen LogP contribution in [0.4, 0.5) is 8.78 Å². The Kier molecular flexibility index (Phi) is 3.80. The van der Waals surface area contributed by atoms with Crippen LogP contribution in [0.1, 0.15) is 17.4 Å². The molecule has 7 heteroatoms. The maximum Gasteiger partial charge on any atom is 0.360 e. The van der Waals surface area contributed by atoms with Gasteiger partial charge in [0.1, 0.15) is 11.6 Å². The summed E-state index contributed by atoms with van der Waals surface area (Å²) in [5.41, 5.74) is -0.468. The lowest BCUT2D eigenvalue weighted by Crippen LogP contribution is -2.06. The quantitative estimate of drug-likeness (QED) is 0.641.